The molecule has 0 saturated carbocycles. The van der Waals surface area contributed by atoms with Crippen molar-refractivity contribution >= 4 is 33.5 Å². The van der Waals surface area contributed by atoms with E-state index in [1.165, 1.54) is 23.2 Å². The lowest BCUT2D eigenvalue weighted by molar-refractivity contribution is -0.114. The molecule has 8 heteroatoms. The number of benzene rings is 3. The van der Waals surface area contributed by atoms with Gasteiger partial charge in [0.15, 0.2) is 11.5 Å². The number of hydrogen-bond acceptors (Lipinski definition) is 6. The van der Waals surface area contributed by atoms with Gasteiger partial charge in [-0.2, -0.15) is 18.5 Å². The number of anilines is 1. The van der Waals surface area contributed by atoms with Crippen LogP contribution in [-0.4, -0.2) is 26.6 Å². The van der Waals surface area contributed by atoms with Crippen molar-refractivity contribution in [2.45, 2.75) is 18.7 Å². The second-order valence-corrected chi connectivity index (χ2v) is 8.73. The molecule has 0 spiro atoms. The molecule has 1 heterocycles. The van der Waals surface area contributed by atoms with Crippen LogP contribution < -0.4 is 13.9 Å². The minimum atomic E-state index is -4.02. The quantitative estimate of drug-likeness (QED) is 0.377. The predicted molar refractivity (Wildman–Crippen MR) is 127 cm³/mol. The van der Waals surface area contributed by atoms with E-state index in [1.54, 1.807) is 50.3 Å². The number of hydrazone groups is 1. The van der Waals surface area contributed by atoms with Crippen LogP contribution in [0.4, 0.5) is 5.69 Å². The van der Waals surface area contributed by atoms with Gasteiger partial charge in [0, 0.05) is 0 Å². The monoisotopic (exact) mass is 462 g/mol. The van der Waals surface area contributed by atoms with E-state index in [2.05, 4.69) is 5.10 Å². The SMILES string of the molecule is CCOc1cc(/C=C2/C(=O)N(c3ccccc3)N=C2C)ccc1OS(=O)(=O)c1ccccc1. The average Bonchev–Trinajstić information content (AvgIpc) is 3.10. The summed E-state index contributed by atoms with van der Waals surface area (Å²) in [4.78, 5) is 13.0. The molecule has 0 unspecified atom stereocenters. The Hall–Kier alpha value is -3.91. The van der Waals surface area contributed by atoms with Crippen molar-refractivity contribution in [1.29, 1.82) is 0 Å². The number of hydrogen-bond donors (Lipinski definition) is 0. The Morgan fingerprint density at radius 1 is 0.939 bits per heavy atom. The molecule has 4 rings (SSSR count). The highest BCUT2D eigenvalue weighted by molar-refractivity contribution is 7.87. The van der Waals surface area contributed by atoms with E-state index in [0.29, 0.717) is 29.1 Å². The van der Waals surface area contributed by atoms with Crippen LogP contribution in [0.1, 0.15) is 19.4 Å². The molecule has 168 valence electrons. The molecule has 0 bridgehead atoms. The van der Waals surface area contributed by atoms with E-state index >= 15 is 0 Å². The summed E-state index contributed by atoms with van der Waals surface area (Å²) in [5, 5.41) is 5.73. The molecule has 0 saturated heterocycles. The van der Waals surface area contributed by atoms with Gasteiger partial charge < -0.3 is 8.92 Å². The summed E-state index contributed by atoms with van der Waals surface area (Å²) in [6, 6.07) is 21.9. The number of carbonyl (C=O) groups is 1. The lowest BCUT2D eigenvalue weighted by Gasteiger charge is -2.13. The Labute approximate surface area is 192 Å². The van der Waals surface area contributed by atoms with Crippen LogP contribution in [0.5, 0.6) is 11.5 Å². The van der Waals surface area contributed by atoms with E-state index in [0.717, 1.165) is 0 Å². The summed E-state index contributed by atoms with van der Waals surface area (Å²) in [5.41, 5.74) is 2.34. The van der Waals surface area contributed by atoms with Crippen LogP contribution in [-0.2, 0) is 14.9 Å². The molecule has 1 aliphatic heterocycles. The Bertz CT molecular complexity index is 1330. The highest BCUT2D eigenvalue weighted by Crippen LogP contribution is 2.33. The fraction of sp³-hybridized carbons (Fsp3) is 0.120. The zero-order valence-electron chi connectivity index (χ0n) is 18.1. The standard InChI is InChI=1S/C25H22N2O5S/c1-3-31-24-17-19(14-15-23(24)32-33(29,30)21-12-8-5-9-13-21)16-22-18(2)26-27(25(22)28)20-10-6-4-7-11-20/h4-17H,3H2,1-2H3/b22-16+. The van der Waals surface area contributed by atoms with Crippen LogP contribution in [0, 0.1) is 0 Å². The van der Waals surface area contributed by atoms with E-state index < -0.39 is 10.1 Å². The lowest BCUT2D eigenvalue weighted by Crippen LogP contribution is -2.21. The second-order valence-electron chi connectivity index (χ2n) is 7.19. The summed E-state index contributed by atoms with van der Waals surface area (Å²) in [6.45, 7) is 3.86. The number of ether oxygens (including phenoxy) is 1. The third-order valence-electron chi connectivity index (χ3n) is 4.87. The van der Waals surface area contributed by atoms with E-state index in [-0.39, 0.29) is 22.3 Å². The Balaban J connectivity index is 1.63. The molecule has 3 aromatic rings. The largest absolute Gasteiger partial charge is 0.490 e. The van der Waals surface area contributed by atoms with Crippen LogP contribution in [0.25, 0.3) is 6.08 Å². The number of rotatable bonds is 7. The third kappa shape index (κ3) is 4.80. The third-order valence-corrected chi connectivity index (χ3v) is 6.12. The second kappa shape index (κ2) is 9.30. The summed E-state index contributed by atoms with van der Waals surface area (Å²) in [7, 11) is -4.02. The normalized spacial score (nSPS) is 15.0. The molecular weight excluding hydrogens is 440 g/mol. The molecule has 33 heavy (non-hydrogen) atoms. The molecule has 0 atom stereocenters. The highest BCUT2D eigenvalue weighted by Gasteiger charge is 2.28. The highest BCUT2D eigenvalue weighted by atomic mass is 32.2. The molecule has 7 nitrogen and oxygen atoms in total. The van der Waals surface area contributed by atoms with Crippen LogP contribution in [0.2, 0.25) is 0 Å². The maximum Gasteiger partial charge on any atom is 0.339 e. The first-order valence-electron chi connectivity index (χ1n) is 10.3. The lowest BCUT2D eigenvalue weighted by atomic mass is 10.1. The van der Waals surface area contributed by atoms with Crippen LogP contribution in [0.15, 0.2) is 94.4 Å². The number of para-hydroxylation sites is 1. The van der Waals surface area contributed by atoms with Gasteiger partial charge in [0.1, 0.15) is 4.90 Å². The molecule has 3 aromatic carbocycles. The van der Waals surface area contributed by atoms with E-state index in [4.69, 9.17) is 8.92 Å². The Morgan fingerprint density at radius 2 is 1.61 bits per heavy atom. The van der Waals surface area contributed by atoms with Gasteiger partial charge in [0.05, 0.1) is 23.6 Å². The minimum absolute atomic E-state index is 0.0445. The number of amides is 1. The molecular formula is C25H22N2O5S. The summed E-state index contributed by atoms with van der Waals surface area (Å²) < 4.78 is 36.2. The zero-order valence-corrected chi connectivity index (χ0v) is 19.0. The van der Waals surface area contributed by atoms with Gasteiger partial charge >= 0.3 is 10.1 Å². The topological polar surface area (TPSA) is 85.3 Å². The average molecular weight is 463 g/mol. The Morgan fingerprint density at radius 3 is 2.27 bits per heavy atom. The van der Waals surface area contributed by atoms with Gasteiger partial charge in [0.2, 0.25) is 0 Å². The predicted octanol–water partition coefficient (Wildman–Crippen LogP) is 4.66. The van der Waals surface area contributed by atoms with Gasteiger partial charge in [-0.1, -0.05) is 42.5 Å². The number of carbonyl (C=O) groups excluding carboxylic acids is 1. The fourth-order valence-electron chi connectivity index (χ4n) is 3.30. The van der Waals surface area contributed by atoms with Crippen molar-refractivity contribution in [3.63, 3.8) is 0 Å². The van der Waals surface area contributed by atoms with Crippen molar-refractivity contribution in [2.75, 3.05) is 11.6 Å². The first kappa shape index (κ1) is 22.3. The van der Waals surface area contributed by atoms with E-state index in [9.17, 15) is 13.2 Å². The maximum atomic E-state index is 13.0. The van der Waals surface area contributed by atoms with Crippen molar-refractivity contribution < 1.29 is 22.1 Å². The van der Waals surface area contributed by atoms with Crippen molar-refractivity contribution in [2.24, 2.45) is 5.10 Å². The van der Waals surface area contributed by atoms with Gasteiger partial charge in [0.25, 0.3) is 5.91 Å². The summed E-state index contributed by atoms with van der Waals surface area (Å²) >= 11 is 0. The maximum absolute atomic E-state index is 13.0. The fourth-order valence-corrected chi connectivity index (χ4v) is 4.26. The summed E-state index contributed by atoms with van der Waals surface area (Å²) in [6.07, 6.45) is 1.70. The first-order valence-corrected chi connectivity index (χ1v) is 11.7. The molecule has 0 radical (unpaired) electrons. The number of nitrogens with zero attached hydrogens (tertiary/aromatic N) is 2. The van der Waals surface area contributed by atoms with Crippen molar-refractivity contribution in [3.05, 3.63) is 90.0 Å². The van der Waals surface area contributed by atoms with Gasteiger partial charge in [-0.3, -0.25) is 4.79 Å². The molecule has 0 N–H and O–H groups in total. The molecule has 1 aliphatic rings. The summed E-state index contributed by atoms with van der Waals surface area (Å²) in [5.74, 6) is 0.0758. The van der Waals surface area contributed by atoms with Crippen molar-refractivity contribution in [3.8, 4) is 11.5 Å². The Kier molecular flexibility index (Phi) is 6.28. The molecule has 0 fully saturated rings. The zero-order chi connectivity index (χ0) is 23.4. The van der Waals surface area contributed by atoms with Gasteiger partial charge in [-0.15, -0.1) is 0 Å². The van der Waals surface area contributed by atoms with Crippen molar-refractivity contribution in [1.82, 2.24) is 0 Å². The van der Waals surface area contributed by atoms with E-state index in [1.807, 2.05) is 30.3 Å². The molecule has 0 aliphatic carbocycles. The van der Waals surface area contributed by atoms with Crippen LogP contribution >= 0.6 is 0 Å². The molecule has 0 aromatic heterocycles. The minimum Gasteiger partial charge on any atom is -0.490 e. The smallest absolute Gasteiger partial charge is 0.339 e. The first-order chi connectivity index (χ1) is 15.9. The molecule has 1 amide bonds. The van der Waals surface area contributed by atoms with Gasteiger partial charge in [-0.05, 0) is 61.9 Å². The van der Waals surface area contributed by atoms with Gasteiger partial charge in [-0.25, -0.2) is 0 Å². The van der Waals surface area contributed by atoms with Crippen LogP contribution in [0.3, 0.4) is 0 Å².